The van der Waals surface area contributed by atoms with Crippen LogP contribution in [0.3, 0.4) is 0 Å². The molecule has 1 aliphatic carbocycles. The Kier molecular flexibility index (Phi) is 9.46. The van der Waals surface area contributed by atoms with Gasteiger partial charge in [-0.05, 0) is 77.4 Å². The van der Waals surface area contributed by atoms with E-state index in [1.54, 1.807) is 78.9 Å². The smallest absolute Gasteiger partial charge is 0.253 e. The third kappa shape index (κ3) is 6.60. The molecule has 3 aromatic carbocycles. The Morgan fingerprint density at radius 1 is 0.878 bits per heavy atom. The average Bonchev–Trinajstić information content (AvgIpc) is 3.02. The van der Waals surface area contributed by atoms with Gasteiger partial charge in [0.1, 0.15) is 11.9 Å². The Bertz CT molecular complexity index is 1520. The second kappa shape index (κ2) is 13.2. The van der Waals surface area contributed by atoms with Crippen molar-refractivity contribution in [2.75, 3.05) is 14.2 Å². The minimum absolute atomic E-state index is 0.0188. The molecule has 0 radical (unpaired) electrons. The molecule has 0 saturated heterocycles. The van der Waals surface area contributed by atoms with Crippen molar-refractivity contribution in [1.29, 1.82) is 10.5 Å². The Hall–Kier alpha value is -4.57. The number of allylic oxidation sites excluding steroid dienone is 2. The first kappa shape index (κ1) is 29.4. The van der Waals surface area contributed by atoms with Crippen LogP contribution in [0.4, 0.5) is 0 Å². The molecular weight excluding hydrogens is 544 g/mol. The summed E-state index contributed by atoms with van der Waals surface area (Å²) in [6, 6.07) is 22.6. The number of ketones is 1. The predicted octanol–water partition coefficient (Wildman–Crippen LogP) is 5.64. The first-order valence-corrected chi connectivity index (χ1v) is 12.8. The largest absolute Gasteiger partial charge is 0.496 e. The number of carbonyl (C=O) groups is 2. The zero-order valence-corrected chi connectivity index (χ0v) is 23.1. The summed E-state index contributed by atoms with van der Waals surface area (Å²) in [4.78, 5) is 25.7. The van der Waals surface area contributed by atoms with Crippen LogP contribution in [-0.2, 0) is 27.4 Å². The normalized spacial score (nSPS) is 15.3. The highest BCUT2D eigenvalue weighted by Gasteiger charge is 2.42. The van der Waals surface area contributed by atoms with E-state index in [-0.39, 0.29) is 35.7 Å². The predicted molar refractivity (Wildman–Crippen MR) is 150 cm³/mol. The molecule has 9 heteroatoms. The second-order valence-corrected chi connectivity index (χ2v) is 9.36. The van der Waals surface area contributed by atoms with Gasteiger partial charge in [-0.2, -0.15) is 10.5 Å². The molecule has 0 heterocycles. The van der Waals surface area contributed by atoms with Crippen LogP contribution in [0.2, 0.25) is 0 Å². The molecule has 0 bridgehead atoms. The van der Waals surface area contributed by atoms with Crippen LogP contribution in [0.1, 0.15) is 43.0 Å². The lowest BCUT2D eigenvalue weighted by atomic mass is 9.91. The number of hydrogen-bond acceptors (Lipinski definition) is 8. The van der Waals surface area contributed by atoms with Crippen LogP contribution >= 0.6 is 11.6 Å². The van der Waals surface area contributed by atoms with Crippen molar-refractivity contribution in [2.45, 2.75) is 25.1 Å². The van der Waals surface area contributed by atoms with E-state index in [0.29, 0.717) is 11.1 Å². The van der Waals surface area contributed by atoms with Crippen LogP contribution in [0.5, 0.6) is 5.75 Å². The molecule has 0 aliphatic heterocycles. The number of hydrogen-bond donors (Lipinski definition) is 0. The van der Waals surface area contributed by atoms with Gasteiger partial charge in [0.25, 0.3) is 5.24 Å². The average molecular weight is 569 g/mol. The van der Waals surface area contributed by atoms with E-state index < -0.39 is 22.9 Å². The molecule has 0 fully saturated rings. The topological polar surface area (TPSA) is 119 Å². The Labute approximate surface area is 242 Å². The van der Waals surface area contributed by atoms with E-state index in [0.717, 1.165) is 11.1 Å². The Morgan fingerprint density at radius 2 is 1.44 bits per heavy atom. The summed E-state index contributed by atoms with van der Waals surface area (Å²) in [6.07, 6.45) is 3.83. The molecular formula is C32H25ClN2O6. The third-order valence-electron chi connectivity index (χ3n) is 6.52. The molecule has 0 aromatic heterocycles. The highest BCUT2D eigenvalue weighted by atomic mass is 35.5. The van der Waals surface area contributed by atoms with Crippen LogP contribution in [0.25, 0.3) is 0 Å². The summed E-state index contributed by atoms with van der Waals surface area (Å²) in [6.45, 7) is 0.218. The lowest BCUT2D eigenvalue weighted by Gasteiger charge is -2.38. The number of carbonyl (C=O) groups excluding carboxylic acids is 2. The summed E-state index contributed by atoms with van der Waals surface area (Å²) in [7, 11) is 2.86. The molecule has 0 N–H and O–H groups in total. The van der Waals surface area contributed by atoms with Gasteiger partial charge in [-0.25, -0.2) is 0 Å². The molecule has 8 nitrogen and oxygen atoms in total. The summed E-state index contributed by atoms with van der Waals surface area (Å²) >= 11 is 5.77. The number of nitriles is 2. The van der Waals surface area contributed by atoms with E-state index in [2.05, 4.69) is 12.1 Å². The molecule has 0 saturated carbocycles. The summed E-state index contributed by atoms with van der Waals surface area (Å²) < 4.78 is 23.7. The van der Waals surface area contributed by atoms with Crippen LogP contribution < -0.4 is 4.74 Å². The number of nitrogens with zero attached hydrogens (tertiary/aromatic N) is 2. The van der Waals surface area contributed by atoms with Gasteiger partial charge in [0.15, 0.2) is 5.78 Å². The van der Waals surface area contributed by atoms with E-state index in [9.17, 15) is 9.59 Å². The maximum Gasteiger partial charge on any atom is 0.253 e. The minimum Gasteiger partial charge on any atom is -0.496 e. The van der Waals surface area contributed by atoms with Gasteiger partial charge in [0, 0.05) is 18.2 Å². The molecule has 41 heavy (non-hydrogen) atoms. The van der Waals surface area contributed by atoms with Gasteiger partial charge in [-0.1, -0.05) is 30.3 Å². The number of Topliss-reactive ketones (excluding diaryl/α,β-unsaturated/α-hetero) is 1. The van der Waals surface area contributed by atoms with Crippen molar-refractivity contribution in [2.24, 2.45) is 0 Å². The standard InChI is InChI=1S/C32H25ClN2O6/c1-38-27-5-3-4-26(31(33)37)29(27)30(36)25-14-15-32(28(16-25)39-2,40-19-23-10-6-21(17-34)7-11-23)41-20-24-12-8-22(18-35)9-13-24/h3-16,28H,19-20H2,1-2H3. The van der Waals surface area contributed by atoms with Crippen molar-refractivity contribution in [3.05, 3.63) is 124 Å². The van der Waals surface area contributed by atoms with Gasteiger partial charge >= 0.3 is 0 Å². The molecule has 1 atom stereocenters. The Morgan fingerprint density at radius 3 is 1.90 bits per heavy atom. The lowest BCUT2D eigenvalue weighted by Crippen LogP contribution is -2.47. The van der Waals surface area contributed by atoms with Gasteiger partial charge < -0.3 is 18.9 Å². The SMILES string of the molecule is COc1cccc(C(=O)Cl)c1C(=O)C1=CC(OC)C(OCc2ccc(C#N)cc2)(OCc2ccc(C#N)cc2)C=C1. The maximum absolute atomic E-state index is 13.7. The van der Waals surface area contributed by atoms with Crippen molar-refractivity contribution >= 4 is 22.6 Å². The molecule has 1 aliphatic rings. The number of halogens is 1. The fraction of sp³-hybridized carbons (Fsp3) is 0.188. The van der Waals surface area contributed by atoms with E-state index >= 15 is 0 Å². The van der Waals surface area contributed by atoms with Crippen LogP contribution in [-0.4, -0.2) is 37.1 Å². The van der Waals surface area contributed by atoms with Gasteiger partial charge in [0.05, 0.1) is 49.2 Å². The minimum atomic E-state index is -1.45. The highest BCUT2D eigenvalue weighted by Crippen LogP contribution is 2.34. The maximum atomic E-state index is 13.7. The number of ether oxygens (including phenoxy) is 4. The molecule has 0 spiro atoms. The van der Waals surface area contributed by atoms with E-state index in [1.165, 1.54) is 20.3 Å². The number of methoxy groups -OCH3 is 2. The first-order chi connectivity index (χ1) is 19.8. The van der Waals surface area contributed by atoms with Gasteiger partial charge in [-0.15, -0.1) is 0 Å². The summed E-state index contributed by atoms with van der Waals surface area (Å²) in [5, 5.41) is 17.4. The molecule has 0 amide bonds. The fourth-order valence-corrected chi connectivity index (χ4v) is 4.47. The summed E-state index contributed by atoms with van der Waals surface area (Å²) in [5.74, 6) is -1.74. The zero-order valence-electron chi connectivity index (χ0n) is 22.3. The van der Waals surface area contributed by atoms with E-state index in [4.69, 9.17) is 41.1 Å². The van der Waals surface area contributed by atoms with Crippen molar-refractivity contribution < 1.29 is 28.5 Å². The van der Waals surface area contributed by atoms with Crippen molar-refractivity contribution in [3.63, 3.8) is 0 Å². The van der Waals surface area contributed by atoms with Gasteiger partial charge in [0.2, 0.25) is 5.79 Å². The summed E-state index contributed by atoms with van der Waals surface area (Å²) in [5.41, 5.74) is 2.89. The molecule has 3 aromatic rings. The number of rotatable bonds is 11. The van der Waals surface area contributed by atoms with Gasteiger partial charge in [-0.3, -0.25) is 9.59 Å². The fourth-order valence-electron chi connectivity index (χ4n) is 4.31. The monoisotopic (exact) mass is 568 g/mol. The van der Waals surface area contributed by atoms with Crippen molar-refractivity contribution in [1.82, 2.24) is 0 Å². The highest BCUT2D eigenvalue weighted by molar-refractivity contribution is 6.68. The van der Waals surface area contributed by atoms with E-state index in [1.807, 2.05) is 0 Å². The molecule has 1 unspecified atom stereocenters. The molecule has 206 valence electrons. The second-order valence-electron chi connectivity index (χ2n) is 9.01. The third-order valence-corrected chi connectivity index (χ3v) is 6.72. The lowest BCUT2D eigenvalue weighted by molar-refractivity contribution is -0.259. The van der Waals surface area contributed by atoms with Crippen LogP contribution in [0, 0.1) is 22.7 Å². The first-order valence-electron chi connectivity index (χ1n) is 12.5. The Balaban J connectivity index is 1.67. The number of benzene rings is 3. The van der Waals surface area contributed by atoms with Crippen molar-refractivity contribution in [3.8, 4) is 17.9 Å². The molecule has 4 rings (SSSR count). The quantitative estimate of drug-likeness (QED) is 0.166. The van der Waals surface area contributed by atoms with Crippen LogP contribution in [0.15, 0.2) is 90.5 Å². The zero-order chi connectivity index (χ0) is 29.4.